The summed E-state index contributed by atoms with van der Waals surface area (Å²) < 4.78 is 11.2. The summed E-state index contributed by atoms with van der Waals surface area (Å²) in [7, 11) is 0. The summed E-state index contributed by atoms with van der Waals surface area (Å²) >= 11 is 0. The highest BCUT2D eigenvalue weighted by Gasteiger charge is 2.44. The molecule has 9 unspecified atom stereocenters. The van der Waals surface area contributed by atoms with Gasteiger partial charge in [0.1, 0.15) is 36.6 Å². The van der Waals surface area contributed by atoms with E-state index >= 15 is 0 Å². The van der Waals surface area contributed by atoms with E-state index in [4.69, 9.17) is 9.47 Å². The predicted octanol–water partition coefficient (Wildman–Crippen LogP) is 14.9. The van der Waals surface area contributed by atoms with Crippen LogP contribution in [0.5, 0.6) is 0 Å². The maximum Gasteiger partial charge on any atom is 0.249 e. The van der Waals surface area contributed by atoms with Gasteiger partial charge in [-0.25, -0.2) is 0 Å². The molecule has 75 heavy (non-hydrogen) atoms. The van der Waals surface area contributed by atoms with E-state index in [-0.39, 0.29) is 6.42 Å². The largest absolute Gasteiger partial charge is 0.394 e. The zero-order valence-electron chi connectivity index (χ0n) is 49.3. The van der Waals surface area contributed by atoms with Crippen LogP contribution in [0.15, 0.2) is 0 Å². The van der Waals surface area contributed by atoms with Crippen molar-refractivity contribution in [2.75, 3.05) is 13.2 Å². The average Bonchev–Trinajstić information content (AvgIpc) is 3.41. The highest BCUT2D eigenvalue weighted by molar-refractivity contribution is 5.80. The van der Waals surface area contributed by atoms with E-state index in [2.05, 4.69) is 19.2 Å². The van der Waals surface area contributed by atoms with Crippen molar-refractivity contribution < 1.29 is 50.0 Å². The van der Waals surface area contributed by atoms with Gasteiger partial charge in [0.05, 0.1) is 25.4 Å². The van der Waals surface area contributed by atoms with Gasteiger partial charge in [0.2, 0.25) is 5.91 Å². The van der Waals surface area contributed by atoms with Crippen LogP contribution in [0.25, 0.3) is 0 Å². The number of nitrogens with one attached hydrogen (secondary N) is 1. The van der Waals surface area contributed by atoms with Crippen molar-refractivity contribution in [3.63, 3.8) is 0 Å². The molecule has 1 heterocycles. The summed E-state index contributed by atoms with van der Waals surface area (Å²) in [5, 5.41) is 76.4. The summed E-state index contributed by atoms with van der Waals surface area (Å²) in [6, 6.07) is -1.16. The van der Waals surface area contributed by atoms with Crippen molar-refractivity contribution in [2.24, 2.45) is 0 Å². The highest BCUT2D eigenvalue weighted by Crippen LogP contribution is 2.24. The van der Waals surface area contributed by atoms with E-state index in [1.807, 2.05) is 0 Å². The number of rotatable bonds is 58. The Kier molecular flexibility index (Phi) is 51.7. The van der Waals surface area contributed by atoms with Gasteiger partial charge in [-0.2, -0.15) is 0 Å². The van der Waals surface area contributed by atoms with Gasteiger partial charge in [0.15, 0.2) is 6.29 Å². The van der Waals surface area contributed by atoms with Crippen LogP contribution in [0, 0.1) is 0 Å². The van der Waals surface area contributed by atoms with Crippen LogP contribution in [0.4, 0.5) is 0 Å². The average molecular weight is 1070 g/mol. The monoisotopic (exact) mass is 1070 g/mol. The van der Waals surface area contributed by atoms with Gasteiger partial charge in [0.25, 0.3) is 0 Å². The number of ether oxygens (including phenoxy) is 2. The van der Waals surface area contributed by atoms with E-state index in [1.165, 1.54) is 257 Å². The minimum atomic E-state index is -1.66. The molecule has 0 aliphatic carbocycles. The van der Waals surface area contributed by atoms with E-state index < -0.39 is 74.2 Å². The molecular weight excluding hydrogens is 943 g/mol. The molecule has 0 aromatic rings. The molecule has 1 saturated heterocycles. The number of aliphatic hydroxyl groups excluding tert-OH is 7. The third-order valence-electron chi connectivity index (χ3n) is 16.4. The minimum absolute atomic E-state index is 0.267. The van der Waals surface area contributed by atoms with Crippen LogP contribution >= 0.6 is 0 Å². The van der Waals surface area contributed by atoms with Crippen LogP contribution in [-0.2, 0) is 14.3 Å². The molecule has 0 aromatic carbocycles. The standard InChI is InChI=1S/C64H127NO10/c1-3-5-7-9-11-13-15-17-19-21-23-24-25-26-27-28-29-30-31-32-34-35-37-39-41-43-45-47-49-51-56(67)59(69)55(54-74-64-62(72)61(71)60(70)58(53-66)75-64)65-63(73)57(68)52-50-48-46-44-42-40-38-36-33-22-20-18-16-14-12-10-8-6-4-2/h55-62,64,66-72H,3-54H2,1-2H3,(H,65,73). The molecule has 1 fully saturated rings. The maximum atomic E-state index is 13.2. The van der Waals surface area contributed by atoms with Crippen LogP contribution in [0.3, 0.4) is 0 Å². The van der Waals surface area contributed by atoms with Crippen molar-refractivity contribution in [1.29, 1.82) is 0 Å². The molecule has 1 aliphatic rings. The molecule has 8 N–H and O–H groups in total. The lowest BCUT2D eigenvalue weighted by Crippen LogP contribution is -2.60. The number of carbonyl (C=O) groups excluding carboxylic acids is 1. The van der Waals surface area contributed by atoms with Crippen molar-refractivity contribution >= 4 is 5.91 Å². The number of carbonyl (C=O) groups is 1. The van der Waals surface area contributed by atoms with Gasteiger partial charge in [-0.15, -0.1) is 0 Å². The van der Waals surface area contributed by atoms with Crippen LogP contribution in [0.1, 0.15) is 335 Å². The van der Waals surface area contributed by atoms with Gasteiger partial charge in [-0.3, -0.25) is 4.79 Å². The van der Waals surface area contributed by atoms with E-state index in [0.29, 0.717) is 19.3 Å². The molecule has 1 amide bonds. The van der Waals surface area contributed by atoms with E-state index in [1.54, 1.807) is 0 Å². The van der Waals surface area contributed by atoms with Gasteiger partial charge >= 0.3 is 0 Å². The Labute approximate surface area is 462 Å². The van der Waals surface area contributed by atoms with Crippen molar-refractivity contribution in [3.05, 3.63) is 0 Å². The van der Waals surface area contributed by atoms with Crippen LogP contribution < -0.4 is 5.32 Å². The summed E-state index contributed by atoms with van der Waals surface area (Å²) in [4.78, 5) is 13.2. The lowest BCUT2D eigenvalue weighted by atomic mass is 9.98. The smallest absolute Gasteiger partial charge is 0.249 e. The Morgan fingerprint density at radius 2 is 0.693 bits per heavy atom. The second-order valence-corrected chi connectivity index (χ2v) is 23.6. The molecule has 11 nitrogen and oxygen atoms in total. The van der Waals surface area contributed by atoms with Crippen LogP contribution in [-0.4, -0.2) is 110 Å². The topological polar surface area (TPSA) is 189 Å². The van der Waals surface area contributed by atoms with Gasteiger partial charge in [-0.05, 0) is 12.8 Å². The lowest BCUT2D eigenvalue weighted by Gasteiger charge is -2.40. The predicted molar refractivity (Wildman–Crippen MR) is 312 cm³/mol. The van der Waals surface area contributed by atoms with Crippen molar-refractivity contribution in [2.45, 2.75) is 390 Å². The Morgan fingerprint density at radius 3 is 0.987 bits per heavy atom. The molecular formula is C64H127NO10. The Hall–Kier alpha value is -0.890. The number of amides is 1. The molecule has 0 aromatic heterocycles. The van der Waals surface area contributed by atoms with Gasteiger partial charge in [-0.1, -0.05) is 322 Å². The first-order chi connectivity index (χ1) is 36.7. The molecule has 0 radical (unpaired) electrons. The molecule has 0 spiro atoms. The Balaban J connectivity index is 2.21. The molecule has 448 valence electrons. The first-order valence-electron chi connectivity index (χ1n) is 32.9. The minimum Gasteiger partial charge on any atom is -0.394 e. The Morgan fingerprint density at radius 1 is 0.413 bits per heavy atom. The van der Waals surface area contributed by atoms with Crippen molar-refractivity contribution in [1.82, 2.24) is 5.32 Å². The number of hydrogen-bond donors (Lipinski definition) is 8. The molecule has 1 aliphatic heterocycles. The van der Waals surface area contributed by atoms with E-state index in [9.17, 15) is 40.5 Å². The fourth-order valence-electron chi connectivity index (χ4n) is 11.1. The number of unbranched alkanes of at least 4 members (excludes halogenated alkanes) is 46. The second-order valence-electron chi connectivity index (χ2n) is 23.6. The third kappa shape index (κ3) is 41.7. The first kappa shape index (κ1) is 72.1. The van der Waals surface area contributed by atoms with Gasteiger partial charge < -0.3 is 50.5 Å². The fourth-order valence-corrected chi connectivity index (χ4v) is 11.1. The fraction of sp³-hybridized carbons (Fsp3) is 0.984. The summed E-state index contributed by atoms with van der Waals surface area (Å²) in [6.07, 6.45) is 51.7. The zero-order chi connectivity index (χ0) is 54.7. The lowest BCUT2D eigenvalue weighted by molar-refractivity contribution is -0.303. The maximum absolute atomic E-state index is 13.2. The molecule has 0 bridgehead atoms. The van der Waals surface area contributed by atoms with Crippen LogP contribution in [0.2, 0.25) is 0 Å². The third-order valence-corrected chi connectivity index (χ3v) is 16.4. The molecule has 9 atom stereocenters. The van der Waals surface area contributed by atoms with E-state index in [0.717, 1.165) is 38.5 Å². The molecule has 11 heteroatoms. The quantitative estimate of drug-likeness (QED) is 0.0272. The van der Waals surface area contributed by atoms with Crippen molar-refractivity contribution in [3.8, 4) is 0 Å². The second kappa shape index (κ2) is 53.7. The summed E-state index contributed by atoms with van der Waals surface area (Å²) in [6.45, 7) is 3.52. The Bertz CT molecular complexity index is 1180. The number of hydrogen-bond acceptors (Lipinski definition) is 10. The molecule has 1 rings (SSSR count). The first-order valence-corrected chi connectivity index (χ1v) is 32.9. The van der Waals surface area contributed by atoms with Gasteiger partial charge in [0, 0.05) is 0 Å². The summed E-state index contributed by atoms with van der Waals surface area (Å²) in [5.41, 5.74) is 0. The highest BCUT2D eigenvalue weighted by atomic mass is 16.7. The summed E-state index contributed by atoms with van der Waals surface area (Å²) in [5.74, 6) is -0.688. The normalized spacial score (nSPS) is 19.6. The number of aliphatic hydroxyl groups is 7. The zero-order valence-corrected chi connectivity index (χ0v) is 49.3. The molecule has 0 saturated carbocycles. The SMILES string of the molecule is CCCCCCCCCCCCCCCCCCCCCCCCCCCCCCCC(O)C(O)C(COC1OC(CO)C(O)C(O)C1O)NC(=O)C(O)CCCCCCCCCCCCCCCCCCCCC.